The minimum Gasteiger partial charge on any atom is -0.381 e. The van der Waals surface area contributed by atoms with Crippen molar-refractivity contribution in [3.63, 3.8) is 0 Å². The van der Waals surface area contributed by atoms with Crippen molar-refractivity contribution in [2.24, 2.45) is 17.6 Å². The topological polar surface area (TPSA) is 50.5 Å². The monoisotopic (exact) mass is 511 g/mol. The lowest BCUT2D eigenvalue weighted by atomic mass is 9.73. The number of nitrogens with two attached hydrogens (primary N) is 1. The minimum absolute atomic E-state index is 0.0503. The zero-order valence-corrected chi connectivity index (χ0v) is 21.0. The molecule has 3 aliphatic rings. The van der Waals surface area contributed by atoms with Gasteiger partial charge in [-0.05, 0) is 62.5 Å². The normalized spacial score (nSPS) is 27.0. The first kappa shape index (κ1) is 26.0. The summed E-state index contributed by atoms with van der Waals surface area (Å²) in [5.74, 6) is 0.396. The van der Waals surface area contributed by atoms with Crippen LogP contribution in [0.15, 0.2) is 72.8 Å². The minimum atomic E-state index is -4.39. The average Bonchev–Trinajstić information content (AvgIpc) is 2.91. The maximum absolute atomic E-state index is 13.6. The van der Waals surface area contributed by atoms with E-state index >= 15 is 0 Å². The Morgan fingerprint density at radius 2 is 1.89 bits per heavy atom. The molecule has 37 heavy (non-hydrogen) atoms. The first-order valence-corrected chi connectivity index (χ1v) is 13.3. The molecule has 0 amide bonds. The molecule has 198 valence electrons. The summed E-state index contributed by atoms with van der Waals surface area (Å²) in [5, 5.41) is 3.60. The number of alkyl halides is 3. The van der Waals surface area contributed by atoms with Crippen LogP contribution in [-0.4, -0.2) is 36.7 Å². The van der Waals surface area contributed by atoms with E-state index in [-0.39, 0.29) is 30.1 Å². The van der Waals surface area contributed by atoms with Gasteiger partial charge in [-0.2, -0.15) is 13.2 Å². The van der Waals surface area contributed by atoms with E-state index in [0.717, 1.165) is 51.0 Å². The smallest absolute Gasteiger partial charge is 0.381 e. The van der Waals surface area contributed by atoms with Crippen molar-refractivity contribution in [1.29, 1.82) is 0 Å². The molecule has 2 heterocycles. The van der Waals surface area contributed by atoms with Gasteiger partial charge < -0.3 is 15.8 Å². The van der Waals surface area contributed by atoms with Crippen LogP contribution in [-0.2, 0) is 17.5 Å². The molecular formula is C30H36F3N3O. The summed E-state index contributed by atoms with van der Waals surface area (Å²) in [4.78, 5) is 2.37. The molecule has 0 radical (unpaired) electrons. The third-order valence-electron chi connectivity index (χ3n) is 7.88. The summed E-state index contributed by atoms with van der Waals surface area (Å²) in [6.45, 7) is 3.01. The van der Waals surface area contributed by atoms with E-state index in [1.54, 1.807) is 6.07 Å². The number of nitrogens with zero attached hydrogens (tertiary/aromatic N) is 1. The number of benzene rings is 2. The Bertz CT molecular complexity index is 1100. The van der Waals surface area contributed by atoms with Crippen molar-refractivity contribution in [2.45, 2.75) is 56.7 Å². The van der Waals surface area contributed by atoms with Gasteiger partial charge >= 0.3 is 6.18 Å². The highest BCUT2D eigenvalue weighted by Crippen LogP contribution is 2.49. The third-order valence-corrected chi connectivity index (χ3v) is 7.88. The quantitative estimate of drug-likeness (QED) is 0.436. The molecule has 0 spiro atoms. The Labute approximate surface area is 217 Å². The zero-order chi connectivity index (χ0) is 25.8. The van der Waals surface area contributed by atoms with Crippen LogP contribution in [0.1, 0.15) is 48.5 Å². The van der Waals surface area contributed by atoms with Gasteiger partial charge in [0.15, 0.2) is 0 Å². The number of rotatable bonds is 8. The highest BCUT2D eigenvalue weighted by Gasteiger charge is 2.45. The van der Waals surface area contributed by atoms with Crippen LogP contribution in [0.3, 0.4) is 0 Å². The first-order valence-electron chi connectivity index (χ1n) is 13.3. The fourth-order valence-corrected chi connectivity index (χ4v) is 6.07. The van der Waals surface area contributed by atoms with Crippen LogP contribution in [0.25, 0.3) is 0 Å². The molecule has 2 aromatic carbocycles. The maximum Gasteiger partial charge on any atom is 0.416 e. The van der Waals surface area contributed by atoms with E-state index in [4.69, 9.17) is 10.5 Å². The van der Waals surface area contributed by atoms with Gasteiger partial charge in [0.1, 0.15) is 0 Å². The van der Waals surface area contributed by atoms with Gasteiger partial charge in [-0.25, -0.2) is 0 Å². The molecule has 1 fully saturated rings. The number of ether oxygens (including phenoxy) is 1. The summed E-state index contributed by atoms with van der Waals surface area (Å²) in [6, 6.07) is 14.5. The Balaban J connectivity index is 1.39. The first-order chi connectivity index (χ1) is 17.9. The number of hydrogen-bond acceptors (Lipinski definition) is 4. The molecule has 5 atom stereocenters. The van der Waals surface area contributed by atoms with E-state index in [1.807, 2.05) is 18.2 Å². The summed E-state index contributed by atoms with van der Waals surface area (Å²) in [7, 11) is 0. The van der Waals surface area contributed by atoms with Crippen LogP contribution in [0.4, 0.5) is 18.9 Å². The summed E-state index contributed by atoms with van der Waals surface area (Å²) >= 11 is 0. The van der Waals surface area contributed by atoms with Gasteiger partial charge in [0.25, 0.3) is 0 Å². The molecule has 2 aromatic rings. The van der Waals surface area contributed by atoms with Crippen LogP contribution in [0.5, 0.6) is 0 Å². The number of allylic oxidation sites excluding steroid dienone is 3. The van der Waals surface area contributed by atoms with Crippen molar-refractivity contribution in [3.05, 3.63) is 89.5 Å². The fourth-order valence-electron chi connectivity index (χ4n) is 6.07. The second-order valence-corrected chi connectivity index (χ2v) is 10.5. The summed E-state index contributed by atoms with van der Waals surface area (Å²) in [5.41, 5.74) is 7.81. The van der Waals surface area contributed by atoms with Gasteiger partial charge in [0, 0.05) is 42.2 Å². The standard InChI is InChI=1S/C30H36F3N3O/c31-30(32,33)23-12-15-27-26(18-23)29-25(28(35-27)22-10-5-2-6-11-22)14-13-24(37-29)20-36(17-7-16-34)19-21-8-3-1-4-9-21/h1-6,8-10,12,15,18,22,24-25,28-29,35H,7,11,13-14,16-17,19-20,34H2/t22?,24-,25+,28+,29+/m1/s1. The molecule has 0 aromatic heterocycles. The molecule has 3 N–H and O–H groups in total. The molecule has 1 saturated heterocycles. The van der Waals surface area contributed by atoms with Crippen molar-refractivity contribution in [1.82, 2.24) is 4.90 Å². The molecule has 5 rings (SSSR count). The lowest BCUT2D eigenvalue weighted by Crippen LogP contribution is -2.48. The van der Waals surface area contributed by atoms with Gasteiger partial charge in [-0.3, -0.25) is 4.90 Å². The highest BCUT2D eigenvalue weighted by atomic mass is 19.4. The number of nitrogens with one attached hydrogen (secondary N) is 1. The van der Waals surface area contributed by atoms with E-state index in [0.29, 0.717) is 12.1 Å². The largest absolute Gasteiger partial charge is 0.416 e. The molecule has 4 nitrogen and oxygen atoms in total. The third kappa shape index (κ3) is 6.11. The van der Waals surface area contributed by atoms with Gasteiger partial charge in [0.05, 0.1) is 17.8 Å². The predicted molar refractivity (Wildman–Crippen MR) is 141 cm³/mol. The Hall–Kier alpha value is -2.61. The van der Waals surface area contributed by atoms with Crippen LogP contribution >= 0.6 is 0 Å². The van der Waals surface area contributed by atoms with Crippen molar-refractivity contribution < 1.29 is 17.9 Å². The number of hydrogen-bond donors (Lipinski definition) is 2. The SMILES string of the molecule is NCCCN(Cc1ccccc1)C[C@H]1CC[C@@H]2[C@H](O1)c1cc(C(F)(F)F)ccc1N[C@H]2C1C=CC=CC1. The average molecular weight is 512 g/mol. The van der Waals surface area contributed by atoms with Gasteiger partial charge in [-0.15, -0.1) is 0 Å². The van der Waals surface area contributed by atoms with Crippen molar-refractivity contribution in [2.75, 3.05) is 25.0 Å². The highest BCUT2D eigenvalue weighted by molar-refractivity contribution is 5.58. The second-order valence-electron chi connectivity index (χ2n) is 10.5. The van der Waals surface area contributed by atoms with E-state index in [2.05, 4.69) is 46.7 Å². The maximum atomic E-state index is 13.6. The predicted octanol–water partition coefficient (Wildman–Crippen LogP) is 6.32. The molecule has 0 bridgehead atoms. The Morgan fingerprint density at radius 1 is 1.05 bits per heavy atom. The molecule has 0 saturated carbocycles. The van der Waals surface area contributed by atoms with E-state index in [1.165, 1.54) is 17.7 Å². The van der Waals surface area contributed by atoms with E-state index < -0.39 is 11.7 Å². The molecular weight excluding hydrogens is 475 g/mol. The molecule has 7 heteroatoms. The van der Waals surface area contributed by atoms with Crippen molar-refractivity contribution >= 4 is 5.69 Å². The van der Waals surface area contributed by atoms with Gasteiger partial charge in [-0.1, -0.05) is 54.6 Å². The van der Waals surface area contributed by atoms with Crippen LogP contribution in [0.2, 0.25) is 0 Å². The summed E-state index contributed by atoms with van der Waals surface area (Å²) < 4.78 is 47.6. The zero-order valence-electron chi connectivity index (χ0n) is 21.0. The number of anilines is 1. The lowest BCUT2D eigenvalue weighted by molar-refractivity contribution is -0.138. The number of halogens is 3. The molecule has 2 aliphatic heterocycles. The van der Waals surface area contributed by atoms with E-state index in [9.17, 15) is 13.2 Å². The molecule has 1 aliphatic carbocycles. The summed E-state index contributed by atoms with van der Waals surface area (Å²) in [6.07, 6.45) is 7.29. The molecule has 1 unspecified atom stereocenters. The van der Waals surface area contributed by atoms with Crippen LogP contribution in [0, 0.1) is 11.8 Å². The van der Waals surface area contributed by atoms with Crippen molar-refractivity contribution in [3.8, 4) is 0 Å². The Kier molecular flexibility index (Phi) is 8.03. The Morgan fingerprint density at radius 3 is 2.62 bits per heavy atom. The lowest BCUT2D eigenvalue weighted by Gasteiger charge is -2.48. The fraction of sp³-hybridized carbons (Fsp3) is 0.467. The second kappa shape index (κ2) is 11.4. The van der Waals surface area contributed by atoms with Gasteiger partial charge in [0.2, 0.25) is 0 Å². The number of fused-ring (bicyclic) bond motifs is 3. The van der Waals surface area contributed by atoms with Crippen LogP contribution < -0.4 is 11.1 Å².